The lowest BCUT2D eigenvalue weighted by Gasteiger charge is -2.34. The molecule has 2 bridgehead atoms. The summed E-state index contributed by atoms with van der Waals surface area (Å²) in [7, 11) is 14.8. The first-order valence-corrected chi connectivity index (χ1v) is 20.9. The van der Waals surface area contributed by atoms with Crippen LogP contribution in [0.5, 0.6) is 5.75 Å². The SMILES string of the molecule is CCCC1SSSSC(CCCCCCCc2ccc(C(C)(C)C)c(O)c2)C2CC1SSS2. The number of unbranched alkanes of at least 4 members (excludes halogenated alkanes) is 4. The molecule has 8 heteroatoms. The lowest BCUT2D eigenvalue weighted by Crippen LogP contribution is -2.30. The van der Waals surface area contributed by atoms with E-state index in [0.717, 1.165) is 33.0 Å². The predicted octanol–water partition coefficient (Wildman–Crippen LogP) is 11.0. The topological polar surface area (TPSA) is 20.2 Å². The van der Waals surface area contributed by atoms with E-state index in [0.29, 0.717) is 5.75 Å². The minimum Gasteiger partial charge on any atom is -0.508 e. The van der Waals surface area contributed by atoms with E-state index in [1.165, 1.54) is 63.4 Å². The summed E-state index contributed by atoms with van der Waals surface area (Å²) in [6.45, 7) is 8.80. The molecule has 2 aliphatic heterocycles. The van der Waals surface area contributed by atoms with Gasteiger partial charge >= 0.3 is 0 Å². The van der Waals surface area contributed by atoms with Crippen LogP contribution in [0.1, 0.15) is 96.6 Å². The fourth-order valence-corrected chi connectivity index (χ4v) is 19.3. The van der Waals surface area contributed by atoms with Crippen LogP contribution in [0, 0.1) is 0 Å². The molecule has 0 aromatic heterocycles. The summed E-state index contributed by atoms with van der Waals surface area (Å²) in [5, 5.41) is 13.6. The number of hydrogen-bond donors (Lipinski definition) is 1. The standard InChI is InChI=1S/C25H40OS7/c1-5-11-21-23-17-24(30-31-29-23)22(28-33-32-27-21)13-10-8-6-7-9-12-18-14-15-19(20(26)16-18)25(2,3)4/h14-16,21-24,26H,5-13,17H2,1-4H3. The van der Waals surface area contributed by atoms with Crippen molar-refractivity contribution in [1.29, 1.82) is 0 Å². The van der Waals surface area contributed by atoms with Crippen molar-refractivity contribution in [3.05, 3.63) is 29.3 Å². The molecule has 4 atom stereocenters. The second-order valence-electron chi connectivity index (χ2n) is 10.2. The van der Waals surface area contributed by atoms with Crippen molar-refractivity contribution in [3.8, 4) is 5.75 Å². The number of aryl methyl sites for hydroxylation is 1. The first-order chi connectivity index (χ1) is 15.9. The van der Waals surface area contributed by atoms with Crippen molar-refractivity contribution in [2.24, 2.45) is 0 Å². The van der Waals surface area contributed by atoms with Gasteiger partial charge in [0.1, 0.15) is 5.75 Å². The molecule has 1 aromatic carbocycles. The number of hydrogen-bond acceptors (Lipinski definition) is 8. The van der Waals surface area contributed by atoms with Gasteiger partial charge < -0.3 is 5.11 Å². The average molecular weight is 581 g/mol. The van der Waals surface area contributed by atoms with Crippen molar-refractivity contribution in [2.45, 2.75) is 118 Å². The zero-order chi connectivity index (χ0) is 23.7. The van der Waals surface area contributed by atoms with Crippen molar-refractivity contribution in [1.82, 2.24) is 0 Å². The van der Waals surface area contributed by atoms with Crippen LogP contribution in [0.3, 0.4) is 0 Å². The van der Waals surface area contributed by atoms with Crippen LogP contribution in [0.15, 0.2) is 18.2 Å². The van der Waals surface area contributed by atoms with E-state index in [1.807, 2.05) is 25.7 Å². The molecule has 0 aliphatic carbocycles. The third kappa shape index (κ3) is 9.70. The Morgan fingerprint density at radius 2 is 1.45 bits per heavy atom. The number of aromatic hydroxyl groups is 1. The van der Waals surface area contributed by atoms with Crippen molar-refractivity contribution < 1.29 is 5.11 Å². The van der Waals surface area contributed by atoms with Crippen LogP contribution in [0.25, 0.3) is 0 Å². The molecule has 2 fully saturated rings. The third-order valence-electron chi connectivity index (χ3n) is 6.37. The van der Waals surface area contributed by atoms with Crippen LogP contribution in [-0.4, -0.2) is 26.1 Å². The number of fused-ring (bicyclic) bond motifs is 2. The van der Waals surface area contributed by atoms with E-state index in [-0.39, 0.29) is 5.41 Å². The van der Waals surface area contributed by atoms with Crippen molar-refractivity contribution in [3.63, 3.8) is 0 Å². The Labute approximate surface area is 229 Å². The van der Waals surface area contributed by atoms with Crippen LogP contribution in [0.2, 0.25) is 0 Å². The Morgan fingerprint density at radius 3 is 2.09 bits per heavy atom. The van der Waals surface area contributed by atoms with Crippen molar-refractivity contribution in [2.75, 3.05) is 0 Å². The first kappa shape index (κ1) is 29.0. The molecule has 2 saturated heterocycles. The summed E-state index contributed by atoms with van der Waals surface area (Å²) in [6, 6.07) is 6.31. The minimum atomic E-state index is -0.00167. The molecule has 33 heavy (non-hydrogen) atoms. The van der Waals surface area contributed by atoms with Crippen LogP contribution in [-0.2, 0) is 11.8 Å². The number of phenols is 1. The van der Waals surface area contributed by atoms with Crippen LogP contribution in [0.4, 0.5) is 0 Å². The van der Waals surface area contributed by atoms with E-state index in [9.17, 15) is 5.11 Å². The highest BCUT2D eigenvalue weighted by atomic mass is 33.7. The molecular formula is C25H40OS7. The van der Waals surface area contributed by atoms with E-state index >= 15 is 0 Å². The summed E-state index contributed by atoms with van der Waals surface area (Å²) >= 11 is 0. The predicted molar refractivity (Wildman–Crippen MR) is 166 cm³/mol. The Balaban J connectivity index is 1.35. The molecule has 4 unspecified atom stereocenters. The highest BCUT2D eigenvalue weighted by Crippen LogP contribution is 2.60. The van der Waals surface area contributed by atoms with Gasteiger partial charge in [0.25, 0.3) is 0 Å². The molecule has 0 amide bonds. The monoisotopic (exact) mass is 580 g/mol. The van der Waals surface area contributed by atoms with Crippen LogP contribution < -0.4 is 0 Å². The van der Waals surface area contributed by atoms with Gasteiger partial charge in [0.2, 0.25) is 0 Å². The molecular weight excluding hydrogens is 541 g/mol. The maximum Gasteiger partial charge on any atom is 0.119 e. The smallest absolute Gasteiger partial charge is 0.119 e. The van der Waals surface area contributed by atoms with Gasteiger partial charge in [0, 0.05) is 21.0 Å². The minimum absolute atomic E-state index is 0.00167. The molecule has 1 nitrogen and oxygen atoms in total. The molecule has 188 valence electrons. The van der Waals surface area contributed by atoms with Gasteiger partial charge in [-0.15, -0.1) is 0 Å². The second kappa shape index (κ2) is 15.0. The maximum atomic E-state index is 10.4. The Kier molecular flexibility index (Phi) is 13.2. The fraction of sp³-hybridized carbons (Fsp3) is 0.760. The summed E-state index contributed by atoms with van der Waals surface area (Å²) in [5.41, 5.74) is 2.32. The second-order valence-corrected chi connectivity index (χ2v) is 21.0. The van der Waals surface area contributed by atoms with Gasteiger partial charge in [-0.25, -0.2) is 0 Å². The average Bonchev–Trinajstić information content (AvgIpc) is 2.82. The zero-order valence-electron chi connectivity index (χ0n) is 20.4. The lowest BCUT2D eigenvalue weighted by atomic mass is 9.85. The zero-order valence-corrected chi connectivity index (χ0v) is 26.1. The largest absolute Gasteiger partial charge is 0.508 e. The molecule has 2 aliphatic rings. The normalized spacial score (nSPS) is 26.4. The van der Waals surface area contributed by atoms with Gasteiger partial charge in [-0.3, -0.25) is 0 Å². The van der Waals surface area contributed by atoms with Gasteiger partial charge in [0.05, 0.1) is 0 Å². The molecule has 0 saturated carbocycles. The summed E-state index contributed by atoms with van der Waals surface area (Å²) < 4.78 is 0. The Hall–Kier alpha value is 1.47. The molecule has 0 radical (unpaired) electrons. The first-order valence-electron chi connectivity index (χ1n) is 12.3. The highest BCUT2D eigenvalue weighted by Gasteiger charge is 2.36. The van der Waals surface area contributed by atoms with Gasteiger partial charge in [-0.2, -0.15) is 0 Å². The van der Waals surface area contributed by atoms with Gasteiger partial charge in [0.15, 0.2) is 0 Å². The fourth-order valence-electron chi connectivity index (χ4n) is 4.44. The van der Waals surface area contributed by atoms with E-state index in [1.54, 1.807) is 0 Å². The maximum absolute atomic E-state index is 10.4. The molecule has 2 heterocycles. The van der Waals surface area contributed by atoms with Gasteiger partial charge in [-0.05, 0) is 84.2 Å². The lowest BCUT2D eigenvalue weighted by molar-refractivity contribution is 0.445. The molecule has 3 rings (SSSR count). The number of benzene rings is 1. The quantitative estimate of drug-likeness (QED) is 0.215. The van der Waals surface area contributed by atoms with Gasteiger partial charge in [-0.1, -0.05) is 115 Å². The number of rotatable bonds is 10. The van der Waals surface area contributed by atoms with E-state index in [4.69, 9.17) is 0 Å². The van der Waals surface area contributed by atoms with Crippen LogP contribution >= 0.6 is 72.7 Å². The van der Waals surface area contributed by atoms with E-state index in [2.05, 4.69) is 92.8 Å². The Morgan fingerprint density at radius 1 is 0.818 bits per heavy atom. The Bertz CT molecular complexity index is 708. The third-order valence-corrected chi connectivity index (χ3v) is 19.1. The number of phenolic OH excluding ortho intramolecular Hbond substituents is 1. The molecule has 0 spiro atoms. The highest BCUT2D eigenvalue weighted by molar-refractivity contribution is 9.26. The summed E-state index contributed by atoms with van der Waals surface area (Å²) in [6.07, 6.45) is 13.1. The summed E-state index contributed by atoms with van der Waals surface area (Å²) in [5.74, 6) is 0.460. The van der Waals surface area contributed by atoms with Crippen molar-refractivity contribution >= 4 is 72.7 Å². The molecule has 1 aromatic rings. The molecule has 1 N–H and O–H groups in total. The van der Waals surface area contributed by atoms with E-state index < -0.39 is 0 Å². The summed E-state index contributed by atoms with van der Waals surface area (Å²) in [4.78, 5) is 0.